The molecule has 2 rings (SSSR count). The Labute approximate surface area is 120 Å². The van der Waals surface area contributed by atoms with Crippen LogP contribution in [0.3, 0.4) is 0 Å². The van der Waals surface area contributed by atoms with Crippen LogP contribution in [0.5, 0.6) is 0 Å². The van der Waals surface area contributed by atoms with Gasteiger partial charge in [0.2, 0.25) is 0 Å². The normalized spacial score (nSPS) is 10.1. The number of benzene rings is 1. The SMILES string of the molecule is CNc1cc([N+](=O)[O-])cc(Nc2cccc(SC)c2)n1. The molecule has 6 nitrogen and oxygen atoms in total. The predicted molar refractivity (Wildman–Crippen MR) is 81.9 cm³/mol. The van der Waals surface area contributed by atoms with Gasteiger partial charge in [-0.3, -0.25) is 10.1 Å². The highest BCUT2D eigenvalue weighted by Crippen LogP contribution is 2.25. The lowest BCUT2D eigenvalue weighted by atomic mass is 10.3. The fourth-order valence-corrected chi connectivity index (χ4v) is 2.12. The van der Waals surface area contributed by atoms with Gasteiger partial charge in [0.15, 0.2) is 0 Å². The molecule has 104 valence electrons. The first-order valence-electron chi connectivity index (χ1n) is 5.87. The van der Waals surface area contributed by atoms with E-state index < -0.39 is 4.92 Å². The Kier molecular flexibility index (Phi) is 4.41. The average molecular weight is 290 g/mol. The molecule has 0 spiro atoms. The molecule has 2 N–H and O–H groups in total. The minimum atomic E-state index is -0.438. The van der Waals surface area contributed by atoms with Crippen molar-refractivity contribution in [3.05, 3.63) is 46.5 Å². The van der Waals surface area contributed by atoms with Gasteiger partial charge in [-0.1, -0.05) is 6.07 Å². The topological polar surface area (TPSA) is 80.1 Å². The summed E-state index contributed by atoms with van der Waals surface area (Å²) in [6, 6.07) is 10.6. The lowest BCUT2D eigenvalue weighted by Crippen LogP contribution is -2.00. The van der Waals surface area contributed by atoms with E-state index in [2.05, 4.69) is 15.6 Å². The van der Waals surface area contributed by atoms with Crippen LogP contribution >= 0.6 is 11.8 Å². The van der Waals surface area contributed by atoms with Gasteiger partial charge in [-0.25, -0.2) is 4.98 Å². The summed E-state index contributed by atoms with van der Waals surface area (Å²) in [6.07, 6.45) is 1.99. The van der Waals surface area contributed by atoms with Gasteiger partial charge < -0.3 is 10.6 Å². The van der Waals surface area contributed by atoms with E-state index in [9.17, 15) is 10.1 Å². The summed E-state index contributed by atoms with van der Waals surface area (Å²) < 4.78 is 0. The molecule has 1 aromatic heterocycles. The molecule has 0 amide bonds. The monoisotopic (exact) mass is 290 g/mol. The largest absolute Gasteiger partial charge is 0.373 e. The summed E-state index contributed by atoms with van der Waals surface area (Å²) in [6.45, 7) is 0. The molecule has 20 heavy (non-hydrogen) atoms. The van der Waals surface area contributed by atoms with Crippen LogP contribution < -0.4 is 10.6 Å². The molecule has 0 bridgehead atoms. The Bertz CT molecular complexity index is 634. The minimum Gasteiger partial charge on any atom is -0.373 e. The van der Waals surface area contributed by atoms with Crippen molar-refractivity contribution in [2.75, 3.05) is 23.9 Å². The molecule has 1 heterocycles. The standard InChI is InChI=1S/C13H14N4O2S/c1-14-12-7-10(17(18)19)8-13(16-12)15-9-4-3-5-11(6-9)20-2/h3-8H,1-2H3,(H2,14,15,16). The number of nitrogens with one attached hydrogen (secondary N) is 2. The van der Waals surface area contributed by atoms with Crippen molar-refractivity contribution < 1.29 is 4.92 Å². The lowest BCUT2D eigenvalue weighted by molar-refractivity contribution is -0.384. The van der Waals surface area contributed by atoms with Crippen molar-refractivity contribution in [3.8, 4) is 0 Å². The maximum Gasteiger partial charge on any atom is 0.276 e. The molecular weight excluding hydrogens is 276 g/mol. The van der Waals surface area contributed by atoms with E-state index in [0.29, 0.717) is 11.6 Å². The van der Waals surface area contributed by atoms with E-state index in [-0.39, 0.29) is 5.69 Å². The number of hydrogen-bond donors (Lipinski definition) is 2. The number of nitrogens with zero attached hydrogens (tertiary/aromatic N) is 2. The second kappa shape index (κ2) is 6.25. The second-order valence-corrected chi connectivity index (χ2v) is 4.84. The van der Waals surface area contributed by atoms with Crippen LogP contribution in [0.2, 0.25) is 0 Å². The number of pyridine rings is 1. The van der Waals surface area contributed by atoms with Crippen LogP contribution in [0.1, 0.15) is 0 Å². The highest BCUT2D eigenvalue weighted by atomic mass is 32.2. The Morgan fingerprint density at radius 1 is 1.25 bits per heavy atom. The summed E-state index contributed by atoms with van der Waals surface area (Å²) in [5, 5.41) is 16.8. The van der Waals surface area contributed by atoms with Crippen LogP contribution in [0.25, 0.3) is 0 Å². The summed E-state index contributed by atoms with van der Waals surface area (Å²) >= 11 is 1.63. The van der Waals surface area contributed by atoms with Gasteiger partial charge >= 0.3 is 0 Å². The molecule has 0 atom stereocenters. The van der Waals surface area contributed by atoms with Crippen molar-refractivity contribution in [3.63, 3.8) is 0 Å². The number of rotatable bonds is 5. The van der Waals surface area contributed by atoms with Crippen LogP contribution in [0.15, 0.2) is 41.3 Å². The van der Waals surface area contributed by atoms with Crippen LogP contribution in [0, 0.1) is 10.1 Å². The Morgan fingerprint density at radius 3 is 2.65 bits per heavy atom. The third kappa shape index (κ3) is 3.39. The second-order valence-electron chi connectivity index (χ2n) is 3.96. The van der Waals surface area contributed by atoms with E-state index in [4.69, 9.17) is 0 Å². The van der Waals surface area contributed by atoms with Gasteiger partial charge in [-0.05, 0) is 24.5 Å². The molecule has 2 aromatic rings. The zero-order chi connectivity index (χ0) is 14.5. The number of thioether (sulfide) groups is 1. The van der Waals surface area contributed by atoms with Crippen molar-refractivity contribution in [1.82, 2.24) is 4.98 Å². The number of anilines is 3. The molecule has 7 heteroatoms. The van der Waals surface area contributed by atoms with Gasteiger partial charge in [0.1, 0.15) is 11.6 Å². The average Bonchev–Trinajstić information content (AvgIpc) is 2.47. The molecule has 0 aliphatic heterocycles. The molecular formula is C13H14N4O2S. The van der Waals surface area contributed by atoms with Crippen molar-refractivity contribution in [1.29, 1.82) is 0 Å². The minimum absolute atomic E-state index is 0.00660. The fourth-order valence-electron chi connectivity index (χ4n) is 1.66. The molecule has 0 aliphatic carbocycles. The van der Waals surface area contributed by atoms with E-state index in [1.165, 1.54) is 12.1 Å². The Hall–Kier alpha value is -2.28. The first-order chi connectivity index (χ1) is 9.62. The Balaban J connectivity index is 2.32. The van der Waals surface area contributed by atoms with Crippen molar-refractivity contribution in [2.45, 2.75) is 4.90 Å². The van der Waals surface area contributed by atoms with E-state index in [1.807, 2.05) is 30.5 Å². The van der Waals surface area contributed by atoms with Crippen molar-refractivity contribution >= 4 is 34.8 Å². The quantitative estimate of drug-likeness (QED) is 0.498. The number of nitro groups is 1. The molecule has 0 aliphatic rings. The van der Waals surface area contributed by atoms with Gasteiger partial charge in [-0.2, -0.15) is 0 Å². The third-order valence-electron chi connectivity index (χ3n) is 2.62. The summed E-state index contributed by atoms with van der Waals surface area (Å²) in [7, 11) is 1.67. The highest BCUT2D eigenvalue weighted by Gasteiger charge is 2.10. The fraction of sp³-hybridized carbons (Fsp3) is 0.154. The van der Waals surface area contributed by atoms with E-state index in [1.54, 1.807) is 18.8 Å². The maximum atomic E-state index is 10.9. The molecule has 0 saturated carbocycles. The smallest absolute Gasteiger partial charge is 0.276 e. The summed E-state index contributed by atoms with van der Waals surface area (Å²) in [4.78, 5) is 15.8. The van der Waals surface area contributed by atoms with E-state index >= 15 is 0 Å². The van der Waals surface area contributed by atoms with E-state index in [0.717, 1.165) is 10.6 Å². The van der Waals surface area contributed by atoms with Crippen LogP contribution in [-0.2, 0) is 0 Å². The van der Waals surface area contributed by atoms with Gasteiger partial charge in [0, 0.05) is 17.6 Å². The molecule has 0 fully saturated rings. The molecule has 1 aromatic carbocycles. The first-order valence-corrected chi connectivity index (χ1v) is 7.10. The predicted octanol–water partition coefficient (Wildman–Crippen LogP) is 3.50. The third-order valence-corrected chi connectivity index (χ3v) is 3.34. The zero-order valence-corrected chi connectivity index (χ0v) is 11.9. The maximum absolute atomic E-state index is 10.9. The number of hydrogen-bond acceptors (Lipinski definition) is 6. The van der Waals surface area contributed by atoms with Crippen molar-refractivity contribution in [2.24, 2.45) is 0 Å². The Morgan fingerprint density at radius 2 is 2.00 bits per heavy atom. The van der Waals surface area contributed by atoms with Gasteiger partial charge in [0.25, 0.3) is 5.69 Å². The van der Waals surface area contributed by atoms with Crippen LogP contribution in [-0.4, -0.2) is 23.2 Å². The first kappa shape index (κ1) is 14.1. The summed E-state index contributed by atoms with van der Waals surface area (Å²) in [5.41, 5.74) is 0.833. The van der Waals surface area contributed by atoms with Gasteiger partial charge in [0.05, 0.1) is 17.1 Å². The van der Waals surface area contributed by atoms with Gasteiger partial charge in [-0.15, -0.1) is 11.8 Å². The lowest BCUT2D eigenvalue weighted by Gasteiger charge is -2.08. The zero-order valence-electron chi connectivity index (χ0n) is 11.1. The van der Waals surface area contributed by atoms with Crippen LogP contribution in [0.4, 0.5) is 23.0 Å². The highest BCUT2D eigenvalue weighted by molar-refractivity contribution is 7.98. The molecule has 0 radical (unpaired) electrons. The summed E-state index contributed by atoms with van der Waals surface area (Å²) in [5.74, 6) is 0.879. The number of aromatic nitrogens is 1. The molecule has 0 saturated heterocycles. The molecule has 0 unspecified atom stereocenters.